The van der Waals surface area contributed by atoms with Gasteiger partial charge >= 0.3 is 6.16 Å². The Morgan fingerprint density at radius 1 is 1.33 bits per heavy atom. The molecule has 2 aliphatic rings. The third kappa shape index (κ3) is 3.79. The first-order valence-corrected chi connectivity index (χ1v) is 8.07. The number of carbonyl (C=O) groups is 2. The number of ether oxygens (including phenoxy) is 3. The molecule has 0 unspecified atom stereocenters. The molecule has 2 fully saturated rings. The van der Waals surface area contributed by atoms with Gasteiger partial charge in [0.2, 0.25) is 5.91 Å². The van der Waals surface area contributed by atoms with Crippen molar-refractivity contribution in [3.63, 3.8) is 0 Å². The SMILES string of the molecule is COc1ccccc1CNC(=O)CN1CCC2(CC1)COC(=O)O2. The topological polar surface area (TPSA) is 77.1 Å². The summed E-state index contributed by atoms with van der Waals surface area (Å²) >= 11 is 0. The van der Waals surface area contributed by atoms with Crippen molar-refractivity contribution >= 4 is 12.1 Å². The van der Waals surface area contributed by atoms with E-state index in [1.807, 2.05) is 24.3 Å². The molecule has 0 atom stereocenters. The molecule has 2 saturated heterocycles. The highest BCUT2D eigenvalue weighted by Gasteiger charge is 2.44. The number of nitrogens with one attached hydrogen (secondary N) is 1. The predicted molar refractivity (Wildman–Crippen MR) is 85.7 cm³/mol. The van der Waals surface area contributed by atoms with Crippen molar-refractivity contribution in [2.24, 2.45) is 0 Å². The summed E-state index contributed by atoms with van der Waals surface area (Å²) in [6, 6.07) is 7.61. The van der Waals surface area contributed by atoms with Gasteiger partial charge in [0.05, 0.1) is 13.7 Å². The summed E-state index contributed by atoms with van der Waals surface area (Å²) in [7, 11) is 1.61. The van der Waals surface area contributed by atoms with Crippen molar-refractivity contribution in [2.45, 2.75) is 25.0 Å². The van der Waals surface area contributed by atoms with E-state index in [-0.39, 0.29) is 5.91 Å². The number of hydrogen-bond acceptors (Lipinski definition) is 6. The molecule has 1 aromatic rings. The largest absolute Gasteiger partial charge is 0.509 e. The number of nitrogens with zero attached hydrogens (tertiary/aromatic N) is 1. The summed E-state index contributed by atoms with van der Waals surface area (Å²) in [6.07, 6.45) is 0.801. The summed E-state index contributed by atoms with van der Waals surface area (Å²) < 4.78 is 15.4. The smallest absolute Gasteiger partial charge is 0.496 e. The highest BCUT2D eigenvalue weighted by molar-refractivity contribution is 5.78. The maximum absolute atomic E-state index is 12.1. The van der Waals surface area contributed by atoms with E-state index in [2.05, 4.69) is 10.2 Å². The van der Waals surface area contributed by atoms with Crippen LogP contribution < -0.4 is 10.1 Å². The lowest BCUT2D eigenvalue weighted by Crippen LogP contribution is -2.48. The summed E-state index contributed by atoms with van der Waals surface area (Å²) in [5, 5.41) is 2.92. The average Bonchev–Trinajstić information content (AvgIpc) is 2.96. The molecule has 7 heteroatoms. The van der Waals surface area contributed by atoms with Gasteiger partial charge in [-0.2, -0.15) is 0 Å². The van der Waals surface area contributed by atoms with Crippen molar-refractivity contribution in [1.82, 2.24) is 10.2 Å². The lowest BCUT2D eigenvalue weighted by molar-refractivity contribution is -0.123. The molecule has 0 aromatic heterocycles. The Bertz CT molecular complexity index is 611. The minimum absolute atomic E-state index is 0.0310. The van der Waals surface area contributed by atoms with Crippen LogP contribution in [0.25, 0.3) is 0 Å². The molecule has 1 amide bonds. The van der Waals surface area contributed by atoms with Crippen LogP contribution in [0.1, 0.15) is 18.4 Å². The van der Waals surface area contributed by atoms with Gasteiger partial charge in [0.25, 0.3) is 0 Å². The molecule has 24 heavy (non-hydrogen) atoms. The number of carbonyl (C=O) groups excluding carboxylic acids is 2. The number of hydrogen-bond donors (Lipinski definition) is 1. The van der Waals surface area contributed by atoms with E-state index in [1.54, 1.807) is 7.11 Å². The monoisotopic (exact) mass is 334 g/mol. The zero-order chi connectivity index (χ0) is 17.0. The highest BCUT2D eigenvalue weighted by Crippen LogP contribution is 2.31. The molecule has 1 N–H and O–H groups in total. The van der Waals surface area contributed by atoms with Gasteiger partial charge in [-0.1, -0.05) is 18.2 Å². The van der Waals surface area contributed by atoms with E-state index < -0.39 is 11.8 Å². The van der Waals surface area contributed by atoms with Gasteiger partial charge in [-0.05, 0) is 6.07 Å². The van der Waals surface area contributed by atoms with E-state index in [9.17, 15) is 9.59 Å². The number of para-hydroxylation sites is 1. The van der Waals surface area contributed by atoms with Crippen LogP contribution in [0.2, 0.25) is 0 Å². The summed E-state index contributed by atoms with van der Waals surface area (Å²) in [4.78, 5) is 25.3. The molecule has 0 radical (unpaired) electrons. The summed E-state index contributed by atoms with van der Waals surface area (Å²) in [6.45, 7) is 2.50. The normalized spacial score (nSPS) is 19.6. The predicted octanol–water partition coefficient (Wildman–Crippen LogP) is 1.31. The molecule has 3 rings (SSSR count). The van der Waals surface area contributed by atoms with Crippen LogP contribution >= 0.6 is 0 Å². The number of methoxy groups -OCH3 is 1. The molecule has 2 aliphatic heterocycles. The fourth-order valence-electron chi connectivity index (χ4n) is 3.09. The van der Waals surface area contributed by atoms with Gasteiger partial charge in [0, 0.05) is 38.0 Å². The van der Waals surface area contributed by atoms with Crippen LogP contribution in [0.15, 0.2) is 24.3 Å². The Morgan fingerprint density at radius 2 is 2.08 bits per heavy atom. The Kier molecular flexibility index (Phi) is 4.89. The quantitative estimate of drug-likeness (QED) is 0.818. The van der Waals surface area contributed by atoms with Gasteiger partial charge in [-0.3, -0.25) is 9.69 Å². The van der Waals surface area contributed by atoms with Crippen LogP contribution in [0.5, 0.6) is 5.75 Å². The Hall–Kier alpha value is -2.28. The summed E-state index contributed by atoms with van der Waals surface area (Å²) in [5.74, 6) is 0.734. The van der Waals surface area contributed by atoms with Crippen LogP contribution in [0.3, 0.4) is 0 Å². The molecule has 2 heterocycles. The Morgan fingerprint density at radius 3 is 2.75 bits per heavy atom. The van der Waals surface area contributed by atoms with E-state index in [0.29, 0.717) is 45.6 Å². The molecular weight excluding hydrogens is 312 g/mol. The number of cyclic esters (lactones) is 1. The van der Waals surface area contributed by atoms with Gasteiger partial charge < -0.3 is 19.5 Å². The second-order valence-electron chi connectivity index (χ2n) is 6.19. The third-order valence-electron chi connectivity index (χ3n) is 4.56. The number of amides is 1. The van der Waals surface area contributed by atoms with Crippen LogP contribution in [-0.4, -0.2) is 55.9 Å². The molecule has 0 bridgehead atoms. The first-order valence-electron chi connectivity index (χ1n) is 8.07. The maximum atomic E-state index is 12.1. The number of rotatable bonds is 5. The number of benzene rings is 1. The van der Waals surface area contributed by atoms with Crippen molar-refractivity contribution in [1.29, 1.82) is 0 Å². The molecule has 130 valence electrons. The minimum atomic E-state index is -0.585. The van der Waals surface area contributed by atoms with E-state index >= 15 is 0 Å². The van der Waals surface area contributed by atoms with E-state index in [1.165, 1.54) is 0 Å². The van der Waals surface area contributed by atoms with Gasteiger partial charge in [-0.15, -0.1) is 0 Å². The fourth-order valence-corrected chi connectivity index (χ4v) is 3.09. The molecular formula is C17H22N2O5. The first-order chi connectivity index (χ1) is 11.6. The van der Waals surface area contributed by atoms with Crippen molar-refractivity contribution in [3.8, 4) is 5.75 Å². The molecule has 0 aliphatic carbocycles. The fraction of sp³-hybridized carbons (Fsp3) is 0.529. The van der Waals surface area contributed by atoms with Crippen LogP contribution in [0, 0.1) is 0 Å². The van der Waals surface area contributed by atoms with Gasteiger partial charge in [0.15, 0.2) is 5.60 Å². The lowest BCUT2D eigenvalue weighted by Gasteiger charge is -2.35. The zero-order valence-corrected chi connectivity index (χ0v) is 13.7. The summed E-state index contributed by atoms with van der Waals surface area (Å²) in [5.41, 5.74) is 0.461. The standard InChI is InChI=1S/C17H22N2O5/c1-22-14-5-3-2-4-13(14)10-18-15(20)11-19-8-6-17(7-9-19)12-23-16(21)24-17/h2-5H,6-12H2,1H3,(H,18,20). The van der Waals surface area contributed by atoms with Crippen LogP contribution in [-0.2, 0) is 20.8 Å². The Balaban J connectivity index is 1.44. The zero-order valence-electron chi connectivity index (χ0n) is 13.7. The van der Waals surface area contributed by atoms with Crippen molar-refractivity contribution in [3.05, 3.63) is 29.8 Å². The van der Waals surface area contributed by atoms with Crippen molar-refractivity contribution < 1.29 is 23.8 Å². The van der Waals surface area contributed by atoms with E-state index in [0.717, 1.165) is 11.3 Å². The average molecular weight is 334 g/mol. The van der Waals surface area contributed by atoms with E-state index in [4.69, 9.17) is 14.2 Å². The van der Waals surface area contributed by atoms with Gasteiger partial charge in [0.1, 0.15) is 12.4 Å². The third-order valence-corrected chi connectivity index (χ3v) is 4.56. The highest BCUT2D eigenvalue weighted by atomic mass is 16.8. The lowest BCUT2D eigenvalue weighted by atomic mass is 9.92. The number of likely N-dealkylation sites (tertiary alicyclic amines) is 1. The molecule has 1 spiro atoms. The first kappa shape index (κ1) is 16.6. The maximum Gasteiger partial charge on any atom is 0.509 e. The molecule has 7 nitrogen and oxygen atoms in total. The van der Waals surface area contributed by atoms with Crippen LogP contribution in [0.4, 0.5) is 4.79 Å². The minimum Gasteiger partial charge on any atom is -0.496 e. The Labute approximate surface area is 140 Å². The molecule has 1 aromatic carbocycles. The number of piperidine rings is 1. The second kappa shape index (κ2) is 7.09. The van der Waals surface area contributed by atoms with Crippen molar-refractivity contribution in [2.75, 3.05) is 33.4 Å². The van der Waals surface area contributed by atoms with Gasteiger partial charge in [-0.25, -0.2) is 4.79 Å². The second-order valence-corrected chi connectivity index (χ2v) is 6.19. The molecule has 0 saturated carbocycles.